The number of benzene rings is 1. The summed E-state index contributed by atoms with van der Waals surface area (Å²) in [6, 6.07) is 8.84. The standard InChI is InChI=1S/C12H20N2/c1-2-3-4-11-5-7-12(8-6-11)9-10-14-13/h5-8,14H,2-4,9-10,13H2,1H3. The lowest BCUT2D eigenvalue weighted by atomic mass is 10.1. The first-order chi connectivity index (χ1) is 6.86. The molecule has 78 valence electrons. The first-order valence-corrected chi connectivity index (χ1v) is 5.38. The van der Waals surface area contributed by atoms with Crippen LogP contribution in [-0.2, 0) is 12.8 Å². The Labute approximate surface area is 86.5 Å². The largest absolute Gasteiger partial charge is 0.271 e. The maximum atomic E-state index is 5.22. The van der Waals surface area contributed by atoms with Crippen molar-refractivity contribution in [3.05, 3.63) is 35.4 Å². The van der Waals surface area contributed by atoms with Crippen molar-refractivity contribution in [2.45, 2.75) is 32.6 Å². The van der Waals surface area contributed by atoms with Crippen LogP contribution < -0.4 is 11.3 Å². The zero-order valence-electron chi connectivity index (χ0n) is 8.92. The van der Waals surface area contributed by atoms with Crippen LogP contribution in [0, 0.1) is 0 Å². The maximum absolute atomic E-state index is 5.22. The Kier molecular flexibility index (Phi) is 5.27. The van der Waals surface area contributed by atoms with Crippen LogP contribution in [-0.4, -0.2) is 6.54 Å². The van der Waals surface area contributed by atoms with Gasteiger partial charge in [0.2, 0.25) is 0 Å². The number of rotatable bonds is 6. The Hall–Kier alpha value is -0.860. The highest BCUT2D eigenvalue weighted by atomic mass is 15.2. The fraction of sp³-hybridized carbons (Fsp3) is 0.500. The van der Waals surface area contributed by atoms with Crippen LogP contribution in [0.15, 0.2) is 24.3 Å². The molecule has 0 aliphatic rings. The first-order valence-electron chi connectivity index (χ1n) is 5.38. The van der Waals surface area contributed by atoms with Gasteiger partial charge in [-0.2, -0.15) is 0 Å². The Balaban J connectivity index is 2.42. The monoisotopic (exact) mass is 192 g/mol. The van der Waals surface area contributed by atoms with E-state index >= 15 is 0 Å². The Bertz CT molecular complexity index is 214. The molecule has 3 N–H and O–H groups in total. The molecule has 2 nitrogen and oxygen atoms in total. The molecule has 0 saturated heterocycles. The average molecular weight is 192 g/mol. The molecule has 2 heteroatoms. The molecule has 0 fully saturated rings. The van der Waals surface area contributed by atoms with E-state index in [0.717, 1.165) is 13.0 Å². The van der Waals surface area contributed by atoms with Crippen molar-refractivity contribution < 1.29 is 0 Å². The minimum atomic E-state index is 0.842. The molecule has 0 aliphatic heterocycles. The van der Waals surface area contributed by atoms with Gasteiger partial charge in [-0.1, -0.05) is 37.6 Å². The van der Waals surface area contributed by atoms with Gasteiger partial charge in [-0.25, -0.2) is 0 Å². The molecule has 0 unspecified atom stereocenters. The maximum Gasteiger partial charge on any atom is 0.0138 e. The van der Waals surface area contributed by atoms with Gasteiger partial charge in [-0.05, 0) is 30.4 Å². The molecule has 14 heavy (non-hydrogen) atoms. The van der Waals surface area contributed by atoms with Crippen LogP contribution in [0.3, 0.4) is 0 Å². The lowest BCUT2D eigenvalue weighted by Crippen LogP contribution is -2.24. The third-order valence-corrected chi connectivity index (χ3v) is 2.40. The highest BCUT2D eigenvalue weighted by Gasteiger charge is 1.94. The zero-order valence-corrected chi connectivity index (χ0v) is 8.92. The van der Waals surface area contributed by atoms with Gasteiger partial charge in [-0.3, -0.25) is 11.3 Å². The van der Waals surface area contributed by atoms with Crippen LogP contribution in [0.5, 0.6) is 0 Å². The number of hydrazine groups is 1. The van der Waals surface area contributed by atoms with E-state index in [9.17, 15) is 0 Å². The lowest BCUT2D eigenvalue weighted by molar-refractivity contribution is 0.728. The molecule has 0 radical (unpaired) electrons. The molecular weight excluding hydrogens is 172 g/mol. The van der Waals surface area contributed by atoms with E-state index in [2.05, 4.69) is 36.6 Å². The summed E-state index contributed by atoms with van der Waals surface area (Å²) in [4.78, 5) is 0. The predicted molar refractivity (Wildman–Crippen MR) is 60.9 cm³/mol. The van der Waals surface area contributed by atoms with Crippen LogP contribution in [0.2, 0.25) is 0 Å². The third-order valence-electron chi connectivity index (χ3n) is 2.40. The fourth-order valence-electron chi connectivity index (χ4n) is 1.47. The van der Waals surface area contributed by atoms with Crippen molar-refractivity contribution in [3.63, 3.8) is 0 Å². The molecule has 1 aromatic carbocycles. The van der Waals surface area contributed by atoms with Crippen molar-refractivity contribution in [2.75, 3.05) is 6.54 Å². The Morgan fingerprint density at radius 3 is 2.14 bits per heavy atom. The van der Waals surface area contributed by atoms with Gasteiger partial charge in [0.1, 0.15) is 0 Å². The molecule has 0 amide bonds. The summed E-state index contributed by atoms with van der Waals surface area (Å²) in [7, 11) is 0. The number of hydrogen-bond acceptors (Lipinski definition) is 2. The first kappa shape index (κ1) is 11.2. The van der Waals surface area contributed by atoms with E-state index in [1.165, 1.54) is 30.4 Å². The van der Waals surface area contributed by atoms with Gasteiger partial charge in [0.05, 0.1) is 0 Å². The van der Waals surface area contributed by atoms with E-state index in [1.807, 2.05) is 0 Å². The highest BCUT2D eigenvalue weighted by Crippen LogP contribution is 2.07. The molecule has 1 rings (SSSR count). The van der Waals surface area contributed by atoms with E-state index in [4.69, 9.17) is 5.84 Å². The van der Waals surface area contributed by atoms with Crippen LogP contribution in [0.4, 0.5) is 0 Å². The summed E-state index contributed by atoms with van der Waals surface area (Å²) >= 11 is 0. The molecule has 0 bridgehead atoms. The van der Waals surface area contributed by atoms with Crippen LogP contribution in [0.1, 0.15) is 30.9 Å². The highest BCUT2D eigenvalue weighted by molar-refractivity contribution is 5.22. The second-order valence-electron chi connectivity index (χ2n) is 3.62. The van der Waals surface area contributed by atoms with Crippen LogP contribution >= 0.6 is 0 Å². The molecule has 0 aromatic heterocycles. The van der Waals surface area contributed by atoms with Crippen molar-refractivity contribution in [2.24, 2.45) is 5.84 Å². The Morgan fingerprint density at radius 1 is 1.07 bits per heavy atom. The second-order valence-corrected chi connectivity index (χ2v) is 3.62. The van der Waals surface area contributed by atoms with Crippen molar-refractivity contribution >= 4 is 0 Å². The van der Waals surface area contributed by atoms with Gasteiger partial charge in [0, 0.05) is 6.54 Å². The summed E-state index contributed by atoms with van der Waals surface area (Å²) in [5.74, 6) is 5.22. The van der Waals surface area contributed by atoms with E-state index in [0.29, 0.717) is 0 Å². The molecule has 1 aromatic rings. The number of nitrogens with two attached hydrogens (primary N) is 1. The summed E-state index contributed by atoms with van der Waals surface area (Å²) in [6.07, 6.45) is 4.75. The quantitative estimate of drug-likeness (QED) is 0.534. The van der Waals surface area contributed by atoms with Gasteiger partial charge in [0.25, 0.3) is 0 Å². The predicted octanol–water partition coefficient (Wildman–Crippen LogP) is 2.04. The molecule has 0 aliphatic carbocycles. The van der Waals surface area contributed by atoms with Crippen molar-refractivity contribution in [1.29, 1.82) is 0 Å². The van der Waals surface area contributed by atoms with Gasteiger partial charge < -0.3 is 0 Å². The average Bonchev–Trinajstić information content (AvgIpc) is 2.25. The van der Waals surface area contributed by atoms with Gasteiger partial charge in [0.15, 0.2) is 0 Å². The smallest absolute Gasteiger partial charge is 0.0138 e. The molecule has 0 atom stereocenters. The van der Waals surface area contributed by atoms with E-state index in [1.54, 1.807) is 0 Å². The fourth-order valence-corrected chi connectivity index (χ4v) is 1.47. The van der Waals surface area contributed by atoms with Gasteiger partial charge in [-0.15, -0.1) is 0 Å². The van der Waals surface area contributed by atoms with E-state index in [-0.39, 0.29) is 0 Å². The number of aryl methyl sites for hydroxylation is 1. The second kappa shape index (κ2) is 6.57. The van der Waals surface area contributed by atoms with Crippen molar-refractivity contribution in [3.8, 4) is 0 Å². The normalized spacial score (nSPS) is 10.4. The molecule has 0 saturated carbocycles. The van der Waals surface area contributed by atoms with E-state index < -0.39 is 0 Å². The minimum Gasteiger partial charge on any atom is -0.271 e. The van der Waals surface area contributed by atoms with Crippen molar-refractivity contribution in [1.82, 2.24) is 5.43 Å². The topological polar surface area (TPSA) is 38.0 Å². The lowest BCUT2D eigenvalue weighted by Gasteiger charge is -2.03. The summed E-state index contributed by atoms with van der Waals surface area (Å²) < 4.78 is 0. The summed E-state index contributed by atoms with van der Waals surface area (Å²) in [5, 5.41) is 0. The SMILES string of the molecule is CCCCc1ccc(CCNN)cc1. The number of hydrogen-bond donors (Lipinski definition) is 2. The molecule has 0 heterocycles. The molecule has 0 spiro atoms. The number of unbranched alkanes of at least 4 members (excludes halogenated alkanes) is 1. The minimum absolute atomic E-state index is 0.842. The molecular formula is C12H20N2. The summed E-state index contributed by atoms with van der Waals surface area (Å²) in [5.41, 5.74) is 5.46. The third kappa shape index (κ3) is 3.90. The Morgan fingerprint density at radius 2 is 1.64 bits per heavy atom. The van der Waals surface area contributed by atoms with Gasteiger partial charge >= 0.3 is 0 Å². The number of nitrogens with one attached hydrogen (secondary N) is 1. The van der Waals surface area contributed by atoms with Crippen LogP contribution in [0.25, 0.3) is 0 Å². The summed E-state index contributed by atoms with van der Waals surface area (Å²) in [6.45, 7) is 3.07. The zero-order chi connectivity index (χ0) is 10.2.